The van der Waals surface area contributed by atoms with Crippen molar-refractivity contribution in [3.63, 3.8) is 0 Å². The largest absolute Gasteiger partial charge is 0.326 e. The van der Waals surface area contributed by atoms with Gasteiger partial charge in [-0.3, -0.25) is 19.7 Å². The summed E-state index contributed by atoms with van der Waals surface area (Å²) in [4.78, 5) is 34.2. The molecule has 3 rings (SSSR count). The summed E-state index contributed by atoms with van der Waals surface area (Å²) in [5.74, 6) is -1.18. The summed E-state index contributed by atoms with van der Waals surface area (Å²) < 4.78 is 25.4. The predicted octanol–water partition coefficient (Wildman–Crippen LogP) is 1.77. The van der Waals surface area contributed by atoms with Crippen LogP contribution in [-0.4, -0.2) is 36.0 Å². The molecule has 2 aromatic rings. The monoisotopic (exact) mass is 375 g/mol. The van der Waals surface area contributed by atoms with E-state index in [-0.39, 0.29) is 29.1 Å². The molecular formula is C16H13N3O6S. The van der Waals surface area contributed by atoms with Crippen molar-refractivity contribution in [3.8, 4) is 0 Å². The van der Waals surface area contributed by atoms with Gasteiger partial charge in [0.25, 0.3) is 21.6 Å². The quantitative estimate of drug-likeness (QED) is 0.627. The average molecular weight is 375 g/mol. The number of nitro groups is 1. The van der Waals surface area contributed by atoms with E-state index in [9.17, 15) is 28.1 Å². The van der Waals surface area contributed by atoms with Gasteiger partial charge < -0.3 is 5.32 Å². The van der Waals surface area contributed by atoms with Crippen LogP contribution in [0.3, 0.4) is 0 Å². The van der Waals surface area contributed by atoms with Crippen molar-refractivity contribution >= 4 is 33.2 Å². The van der Waals surface area contributed by atoms with Gasteiger partial charge in [0.15, 0.2) is 0 Å². The van der Waals surface area contributed by atoms with Gasteiger partial charge in [-0.2, -0.15) is 0 Å². The van der Waals surface area contributed by atoms with Crippen LogP contribution in [0.5, 0.6) is 0 Å². The minimum absolute atomic E-state index is 0.0687. The number of rotatable bonds is 5. The molecule has 2 aromatic carbocycles. The molecule has 0 fully saturated rings. The number of non-ortho nitro benzene ring substituents is 1. The van der Waals surface area contributed by atoms with Gasteiger partial charge in [-0.1, -0.05) is 12.1 Å². The van der Waals surface area contributed by atoms with Crippen molar-refractivity contribution in [2.24, 2.45) is 0 Å². The van der Waals surface area contributed by atoms with Crippen molar-refractivity contribution in [1.29, 1.82) is 0 Å². The van der Waals surface area contributed by atoms with E-state index < -0.39 is 26.8 Å². The Morgan fingerprint density at radius 1 is 1.12 bits per heavy atom. The number of nitro benzene ring substituents is 1. The molecular weight excluding hydrogens is 362 g/mol. The van der Waals surface area contributed by atoms with Gasteiger partial charge in [-0.15, -0.1) is 0 Å². The molecule has 0 atom stereocenters. The highest BCUT2D eigenvalue weighted by atomic mass is 32.2. The summed E-state index contributed by atoms with van der Waals surface area (Å²) in [6.07, 6.45) is -0.240. The topological polar surface area (TPSA) is 127 Å². The Morgan fingerprint density at radius 2 is 1.77 bits per heavy atom. The maximum atomic E-state index is 12.4. The van der Waals surface area contributed by atoms with Gasteiger partial charge in [-0.25, -0.2) is 12.7 Å². The van der Waals surface area contributed by atoms with Crippen LogP contribution < -0.4 is 5.32 Å². The van der Waals surface area contributed by atoms with Gasteiger partial charge in [0, 0.05) is 30.8 Å². The molecule has 0 spiro atoms. The molecule has 0 saturated carbocycles. The van der Waals surface area contributed by atoms with E-state index in [0.29, 0.717) is 9.99 Å². The van der Waals surface area contributed by atoms with E-state index in [4.69, 9.17) is 0 Å². The summed E-state index contributed by atoms with van der Waals surface area (Å²) >= 11 is 0. The van der Waals surface area contributed by atoms with Crippen LogP contribution in [0.1, 0.15) is 16.8 Å². The first kappa shape index (κ1) is 17.5. The zero-order valence-electron chi connectivity index (χ0n) is 13.3. The number of carbonyl (C=O) groups is 2. The van der Waals surface area contributed by atoms with Gasteiger partial charge >= 0.3 is 0 Å². The van der Waals surface area contributed by atoms with E-state index in [2.05, 4.69) is 5.32 Å². The maximum Gasteiger partial charge on any atom is 0.269 e. The molecule has 0 aromatic heterocycles. The Balaban J connectivity index is 1.65. The van der Waals surface area contributed by atoms with Crippen LogP contribution in [0.25, 0.3) is 0 Å². The van der Waals surface area contributed by atoms with Crippen molar-refractivity contribution in [2.75, 3.05) is 11.9 Å². The Kier molecular flexibility index (Phi) is 4.43. The van der Waals surface area contributed by atoms with E-state index in [0.717, 1.165) is 0 Å². The molecule has 1 N–H and O–H groups in total. The van der Waals surface area contributed by atoms with Gasteiger partial charge in [-0.05, 0) is 24.3 Å². The maximum absolute atomic E-state index is 12.4. The minimum Gasteiger partial charge on any atom is -0.326 e. The molecule has 26 heavy (non-hydrogen) atoms. The van der Waals surface area contributed by atoms with Crippen molar-refractivity contribution in [2.45, 2.75) is 11.3 Å². The van der Waals surface area contributed by atoms with Crippen molar-refractivity contribution < 1.29 is 22.9 Å². The summed E-state index contributed by atoms with van der Waals surface area (Å²) in [7, 11) is -3.95. The number of anilines is 1. The van der Waals surface area contributed by atoms with E-state index in [1.165, 1.54) is 42.5 Å². The van der Waals surface area contributed by atoms with Crippen LogP contribution in [0, 0.1) is 10.1 Å². The summed E-state index contributed by atoms with van der Waals surface area (Å²) in [5.41, 5.74) is 0.303. The standard InChI is InChI=1S/C16H13N3O6S/c20-15(17-11-5-7-12(8-6-11)19(22)23)9-10-18-16(21)13-3-1-2-4-14(13)26(18,24)25/h1-8H,9-10H2,(H,17,20). The molecule has 9 nitrogen and oxygen atoms in total. The molecule has 1 aliphatic rings. The molecule has 2 amide bonds. The average Bonchev–Trinajstić information content (AvgIpc) is 2.80. The van der Waals surface area contributed by atoms with Crippen LogP contribution >= 0.6 is 0 Å². The SMILES string of the molecule is O=C(CCN1C(=O)c2ccccc2S1(=O)=O)Nc1ccc([N+](=O)[O-])cc1. The highest BCUT2D eigenvalue weighted by Crippen LogP contribution is 2.29. The van der Waals surface area contributed by atoms with Gasteiger partial charge in [0.05, 0.1) is 10.5 Å². The number of hydrogen-bond acceptors (Lipinski definition) is 6. The third-order valence-electron chi connectivity index (χ3n) is 3.82. The fourth-order valence-corrected chi connectivity index (χ4v) is 4.11. The third kappa shape index (κ3) is 3.14. The van der Waals surface area contributed by atoms with Crippen molar-refractivity contribution in [1.82, 2.24) is 4.31 Å². The highest BCUT2D eigenvalue weighted by molar-refractivity contribution is 7.90. The molecule has 1 heterocycles. The van der Waals surface area contributed by atoms with E-state index in [1.54, 1.807) is 6.07 Å². The molecule has 0 aliphatic carbocycles. The normalized spacial score (nSPS) is 14.8. The Hall–Kier alpha value is -3.27. The van der Waals surface area contributed by atoms with Crippen LogP contribution in [0.2, 0.25) is 0 Å². The number of nitrogens with one attached hydrogen (secondary N) is 1. The molecule has 0 bridgehead atoms. The van der Waals surface area contributed by atoms with Gasteiger partial charge in [0.2, 0.25) is 5.91 Å². The summed E-state index contributed by atoms with van der Waals surface area (Å²) in [5, 5.41) is 13.1. The van der Waals surface area contributed by atoms with E-state index >= 15 is 0 Å². The first-order valence-electron chi connectivity index (χ1n) is 7.51. The lowest BCUT2D eigenvalue weighted by atomic mass is 10.2. The zero-order valence-corrected chi connectivity index (χ0v) is 14.1. The number of fused-ring (bicyclic) bond motifs is 1. The molecule has 1 aliphatic heterocycles. The fraction of sp³-hybridized carbons (Fsp3) is 0.125. The Morgan fingerprint density at radius 3 is 2.38 bits per heavy atom. The lowest BCUT2D eigenvalue weighted by Crippen LogP contribution is -2.33. The Bertz CT molecular complexity index is 1000. The second kappa shape index (κ2) is 6.56. The van der Waals surface area contributed by atoms with Gasteiger partial charge in [0.1, 0.15) is 4.90 Å². The number of benzene rings is 2. The smallest absolute Gasteiger partial charge is 0.269 e. The predicted molar refractivity (Wildman–Crippen MR) is 91.0 cm³/mol. The number of nitrogens with zero attached hydrogens (tertiary/aromatic N) is 2. The van der Waals surface area contributed by atoms with Crippen LogP contribution in [0.15, 0.2) is 53.4 Å². The first-order chi connectivity index (χ1) is 12.3. The Labute approximate surface area is 148 Å². The number of hydrogen-bond donors (Lipinski definition) is 1. The molecule has 134 valence electrons. The van der Waals surface area contributed by atoms with Crippen molar-refractivity contribution in [3.05, 3.63) is 64.2 Å². The zero-order chi connectivity index (χ0) is 18.9. The molecule has 0 saturated heterocycles. The summed E-state index contributed by atoms with van der Waals surface area (Å²) in [6.45, 7) is -0.297. The second-order valence-electron chi connectivity index (χ2n) is 5.48. The number of amides is 2. The second-order valence-corrected chi connectivity index (χ2v) is 7.31. The fourth-order valence-electron chi connectivity index (χ4n) is 2.55. The number of sulfonamides is 1. The van der Waals surface area contributed by atoms with Crippen LogP contribution in [0.4, 0.5) is 11.4 Å². The first-order valence-corrected chi connectivity index (χ1v) is 8.95. The number of carbonyl (C=O) groups excluding carboxylic acids is 2. The lowest BCUT2D eigenvalue weighted by Gasteiger charge is -2.14. The molecule has 0 unspecified atom stereocenters. The van der Waals surface area contributed by atoms with Crippen LogP contribution in [-0.2, 0) is 14.8 Å². The molecule has 0 radical (unpaired) electrons. The highest BCUT2D eigenvalue weighted by Gasteiger charge is 2.40. The van der Waals surface area contributed by atoms with E-state index in [1.807, 2.05) is 0 Å². The molecule has 10 heteroatoms. The minimum atomic E-state index is -3.95. The lowest BCUT2D eigenvalue weighted by molar-refractivity contribution is -0.384. The third-order valence-corrected chi connectivity index (χ3v) is 5.66. The summed E-state index contributed by atoms with van der Waals surface area (Å²) in [6, 6.07) is 11.1.